The van der Waals surface area contributed by atoms with E-state index in [0.717, 1.165) is 19.7 Å². The third-order valence-electron chi connectivity index (χ3n) is 3.15. The van der Waals surface area contributed by atoms with E-state index in [0.29, 0.717) is 6.10 Å². The average Bonchev–Trinajstić information content (AvgIpc) is 2.52. The molecule has 1 fully saturated rings. The summed E-state index contributed by atoms with van der Waals surface area (Å²) in [5, 5.41) is 3.34. The van der Waals surface area contributed by atoms with Crippen LogP contribution >= 0.6 is 0 Å². The monoisotopic (exact) mass is 213 g/mol. The molecule has 0 bridgehead atoms. The van der Waals surface area contributed by atoms with E-state index in [1.54, 1.807) is 0 Å². The van der Waals surface area contributed by atoms with Crippen molar-refractivity contribution < 1.29 is 4.74 Å². The van der Waals surface area contributed by atoms with Crippen molar-refractivity contribution in [3.05, 3.63) is 0 Å². The molecular weight excluding hydrogens is 186 g/mol. The van der Waals surface area contributed by atoms with E-state index in [-0.39, 0.29) is 0 Å². The summed E-state index contributed by atoms with van der Waals surface area (Å²) >= 11 is 0. The van der Waals surface area contributed by atoms with Gasteiger partial charge in [-0.2, -0.15) is 0 Å². The molecule has 15 heavy (non-hydrogen) atoms. The van der Waals surface area contributed by atoms with Gasteiger partial charge in [0.15, 0.2) is 0 Å². The van der Waals surface area contributed by atoms with Crippen molar-refractivity contribution in [1.29, 1.82) is 0 Å². The molecule has 1 rings (SSSR count). The first-order chi connectivity index (χ1) is 7.43. The number of hydrogen-bond acceptors (Lipinski definition) is 2. The van der Waals surface area contributed by atoms with Gasteiger partial charge in [0.2, 0.25) is 0 Å². The van der Waals surface area contributed by atoms with Crippen LogP contribution in [0.3, 0.4) is 0 Å². The zero-order valence-corrected chi connectivity index (χ0v) is 10.3. The Balaban J connectivity index is 1.89. The number of unbranched alkanes of at least 4 members (excludes halogenated alkanes) is 1. The van der Waals surface area contributed by atoms with E-state index in [1.807, 2.05) is 0 Å². The summed E-state index contributed by atoms with van der Waals surface area (Å²) in [7, 11) is 0. The largest absolute Gasteiger partial charge is 0.378 e. The van der Waals surface area contributed by atoms with E-state index in [9.17, 15) is 0 Å². The summed E-state index contributed by atoms with van der Waals surface area (Å²) in [4.78, 5) is 0. The molecule has 1 aliphatic carbocycles. The Hall–Kier alpha value is -0.0800. The van der Waals surface area contributed by atoms with Gasteiger partial charge in [0.25, 0.3) is 0 Å². The van der Waals surface area contributed by atoms with E-state index >= 15 is 0 Å². The fourth-order valence-electron chi connectivity index (χ4n) is 2.19. The van der Waals surface area contributed by atoms with Crippen molar-refractivity contribution in [3.8, 4) is 0 Å². The van der Waals surface area contributed by atoms with Crippen molar-refractivity contribution in [2.24, 2.45) is 0 Å². The maximum Gasteiger partial charge on any atom is 0.0575 e. The standard InChI is InChI=1S/C13H27NO/c1-2-14-11-7-8-12-15-13-9-5-3-4-6-10-13/h13-14H,2-12H2,1H3. The predicted molar refractivity (Wildman–Crippen MR) is 65.2 cm³/mol. The molecule has 90 valence electrons. The van der Waals surface area contributed by atoms with Gasteiger partial charge in [-0.15, -0.1) is 0 Å². The van der Waals surface area contributed by atoms with Crippen LogP contribution in [-0.4, -0.2) is 25.8 Å². The molecular formula is C13H27NO. The van der Waals surface area contributed by atoms with Crippen LogP contribution in [0.15, 0.2) is 0 Å². The molecule has 0 aromatic heterocycles. The lowest BCUT2D eigenvalue weighted by atomic mass is 10.1. The highest BCUT2D eigenvalue weighted by Gasteiger charge is 2.11. The highest BCUT2D eigenvalue weighted by Crippen LogP contribution is 2.19. The lowest BCUT2D eigenvalue weighted by Gasteiger charge is -2.15. The van der Waals surface area contributed by atoms with Gasteiger partial charge in [-0.25, -0.2) is 0 Å². The summed E-state index contributed by atoms with van der Waals surface area (Å²) < 4.78 is 5.92. The molecule has 1 saturated carbocycles. The van der Waals surface area contributed by atoms with Crippen LogP contribution in [-0.2, 0) is 4.74 Å². The number of ether oxygens (including phenoxy) is 1. The van der Waals surface area contributed by atoms with Crippen molar-refractivity contribution in [2.45, 2.75) is 64.4 Å². The zero-order chi connectivity index (χ0) is 10.8. The van der Waals surface area contributed by atoms with Crippen molar-refractivity contribution in [1.82, 2.24) is 5.32 Å². The summed E-state index contributed by atoms with van der Waals surface area (Å²) in [5.74, 6) is 0. The van der Waals surface area contributed by atoms with Crippen molar-refractivity contribution in [2.75, 3.05) is 19.7 Å². The van der Waals surface area contributed by atoms with Gasteiger partial charge in [-0.3, -0.25) is 0 Å². The Morgan fingerprint density at radius 1 is 1.07 bits per heavy atom. The predicted octanol–water partition coefficient (Wildman–Crippen LogP) is 3.12. The highest BCUT2D eigenvalue weighted by atomic mass is 16.5. The lowest BCUT2D eigenvalue weighted by molar-refractivity contribution is 0.0410. The average molecular weight is 213 g/mol. The molecule has 0 aromatic rings. The fourth-order valence-corrected chi connectivity index (χ4v) is 2.19. The first-order valence-corrected chi connectivity index (χ1v) is 6.76. The Bertz CT molecular complexity index is 130. The lowest BCUT2D eigenvalue weighted by Crippen LogP contribution is -2.16. The minimum Gasteiger partial charge on any atom is -0.378 e. The molecule has 0 amide bonds. The van der Waals surface area contributed by atoms with Gasteiger partial charge < -0.3 is 10.1 Å². The van der Waals surface area contributed by atoms with E-state index in [4.69, 9.17) is 4.74 Å². The van der Waals surface area contributed by atoms with Crippen LogP contribution in [0.2, 0.25) is 0 Å². The molecule has 0 aliphatic heterocycles. The minimum absolute atomic E-state index is 0.576. The summed E-state index contributed by atoms with van der Waals surface area (Å²) in [6.07, 6.45) is 11.2. The Morgan fingerprint density at radius 3 is 2.47 bits per heavy atom. The Kier molecular flexibility index (Phi) is 7.94. The molecule has 2 nitrogen and oxygen atoms in total. The highest BCUT2D eigenvalue weighted by molar-refractivity contribution is 4.63. The Morgan fingerprint density at radius 2 is 1.80 bits per heavy atom. The third kappa shape index (κ3) is 6.91. The van der Waals surface area contributed by atoms with Crippen LogP contribution in [0, 0.1) is 0 Å². The van der Waals surface area contributed by atoms with Gasteiger partial charge in [0.1, 0.15) is 0 Å². The smallest absolute Gasteiger partial charge is 0.0575 e. The van der Waals surface area contributed by atoms with Crippen LogP contribution in [0.5, 0.6) is 0 Å². The quantitative estimate of drug-likeness (QED) is 0.518. The van der Waals surface area contributed by atoms with E-state index in [2.05, 4.69) is 12.2 Å². The van der Waals surface area contributed by atoms with Crippen LogP contribution in [0.4, 0.5) is 0 Å². The van der Waals surface area contributed by atoms with Gasteiger partial charge in [-0.1, -0.05) is 32.6 Å². The van der Waals surface area contributed by atoms with Gasteiger partial charge in [0, 0.05) is 6.61 Å². The molecule has 0 saturated heterocycles. The maximum absolute atomic E-state index is 5.92. The first-order valence-electron chi connectivity index (χ1n) is 6.76. The fraction of sp³-hybridized carbons (Fsp3) is 1.00. The van der Waals surface area contributed by atoms with Crippen LogP contribution < -0.4 is 5.32 Å². The molecule has 0 spiro atoms. The summed E-state index contributed by atoms with van der Waals surface area (Å²) in [5.41, 5.74) is 0. The molecule has 0 unspecified atom stereocenters. The topological polar surface area (TPSA) is 21.3 Å². The second kappa shape index (κ2) is 9.17. The molecule has 2 heteroatoms. The molecule has 0 atom stereocenters. The van der Waals surface area contributed by atoms with E-state index in [1.165, 1.54) is 51.4 Å². The van der Waals surface area contributed by atoms with Gasteiger partial charge >= 0.3 is 0 Å². The van der Waals surface area contributed by atoms with Crippen LogP contribution in [0.1, 0.15) is 58.3 Å². The number of nitrogens with one attached hydrogen (secondary N) is 1. The van der Waals surface area contributed by atoms with Crippen LogP contribution in [0.25, 0.3) is 0 Å². The number of rotatable bonds is 7. The van der Waals surface area contributed by atoms with Crippen molar-refractivity contribution in [3.63, 3.8) is 0 Å². The first kappa shape index (κ1) is 13.0. The Labute approximate surface area is 94.8 Å². The van der Waals surface area contributed by atoms with Crippen molar-refractivity contribution >= 4 is 0 Å². The van der Waals surface area contributed by atoms with Gasteiger partial charge in [0.05, 0.1) is 6.10 Å². The second-order valence-electron chi connectivity index (χ2n) is 4.55. The molecule has 0 heterocycles. The van der Waals surface area contributed by atoms with E-state index < -0.39 is 0 Å². The maximum atomic E-state index is 5.92. The minimum atomic E-state index is 0.576. The molecule has 0 radical (unpaired) electrons. The second-order valence-corrected chi connectivity index (χ2v) is 4.55. The molecule has 1 aliphatic rings. The summed E-state index contributed by atoms with van der Waals surface area (Å²) in [6, 6.07) is 0. The number of hydrogen-bond donors (Lipinski definition) is 1. The molecule has 0 aromatic carbocycles. The summed E-state index contributed by atoms with van der Waals surface area (Å²) in [6.45, 7) is 5.35. The SMILES string of the molecule is CCNCCCCOC1CCCCCC1. The third-order valence-corrected chi connectivity index (χ3v) is 3.15. The molecule has 1 N–H and O–H groups in total. The van der Waals surface area contributed by atoms with Gasteiger partial charge in [-0.05, 0) is 38.8 Å². The normalized spacial score (nSPS) is 19.0. The zero-order valence-electron chi connectivity index (χ0n) is 10.3.